The van der Waals surface area contributed by atoms with E-state index in [1.54, 1.807) is 6.92 Å². The highest BCUT2D eigenvalue weighted by atomic mass is 35.5. The number of rotatable bonds is 1. The summed E-state index contributed by atoms with van der Waals surface area (Å²) in [6.07, 6.45) is 1.29. The van der Waals surface area contributed by atoms with E-state index in [1.807, 2.05) is 0 Å². The zero-order valence-corrected chi connectivity index (χ0v) is 10.3. The molecule has 8 N–H and O–H groups in total. The van der Waals surface area contributed by atoms with E-state index in [9.17, 15) is 4.79 Å². The molecule has 0 saturated carbocycles. The fraction of sp³-hybridized carbons (Fsp3) is 0.250. The lowest BCUT2D eigenvalue weighted by molar-refractivity contribution is 0.0690. The van der Waals surface area contributed by atoms with Gasteiger partial charge in [0.15, 0.2) is 5.69 Å². The third-order valence-corrected chi connectivity index (χ3v) is 1.84. The fourth-order valence-electron chi connectivity index (χ4n) is 0.569. The maximum Gasteiger partial charge on any atom is 0.356 e. The van der Waals surface area contributed by atoms with Crippen molar-refractivity contribution in [3.8, 4) is 0 Å². The van der Waals surface area contributed by atoms with Gasteiger partial charge in [0.1, 0.15) is 0 Å². The molecule has 0 amide bonds. The maximum atomic E-state index is 10.4. The number of carboxylic acids is 1. The van der Waals surface area contributed by atoms with Gasteiger partial charge in [-0.25, -0.2) is 9.78 Å². The molecular formula is C8H15Cl2N3O3. The van der Waals surface area contributed by atoms with E-state index in [2.05, 4.69) is 4.98 Å². The number of hydrogen-bond acceptors (Lipinski definition) is 5. The zero-order chi connectivity index (χ0) is 11.1. The van der Waals surface area contributed by atoms with Gasteiger partial charge in [-0.3, -0.25) is 0 Å². The molecule has 0 unspecified atom stereocenters. The van der Waals surface area contributed by atoms with Gasteiger partial charge in [-0.05, 0) is 13.0 Å². The number of pyridine rings is 1. The van der Waals surface area contributed by atoms with Crippen LogP contribution >= 0.6 is 23.2 Å². The lowest BCUT2D eigenvalue weighted by Crippen LogP contribution is -2.00. The summed E-state index contributed by atoms with van der Waals surface area (Å²) in [5, 5.41) is 16.2. The summed E-state index contributed by atoms with van der Waals surface area (Å²) in [5.41, 5.74) is -0.223. The molecule has 0 atom stereocenters. The molecule has 0 aliphatic heterocycles. The van der Waals surface area contributed by atoms with Crippen molar-refractivity contribution in [2.45, 2.75) is 6.92 Å². The molecule has 0 aromatic carbocycles. The van der Waals surface area contributed by atoms with Crippen molar-refractivity contribution in [2.24, 2.45) is 0 Å². The van der Waals surface area contributed by atoms with Gasteiger partial charge in [-0.1, -0.05) is 23.2 Å². The minimum absolute atomic E-state index is 0. The second-order valence-corrected chi connectivity index (χ2v) is 2.86. The Kier molecular flexibility index (Phi) is 13.6. The van der Waals surface area contributed by atoms with E-state index < -0.39 is 5.97 Å². The second kappa shape index (κ2) is 10.6. The Hall–Kier alpha value is -0.920. The number of aliphatic hydroxyl groups is 1. The van der Waals surface area contributed by atoms with E-state index in [0.717, 1.165) is 0 Å². The Bertz CT molecular complexity index is 323. The highest BCUT2D eigenvalue weighted by molar-refractivity contribution is 6.43. The molecule has 1 aromatic heterocycles. The first-order valence-corrected chi connectivity index (χ1v) is 4.44. The van der Waals surface area contributed by atoms with Crippen LogP contribution in [0.4, 0.5) is 0 Å². The third kappa shape index (κ3) is 6.54. The quantitative estimate of drug-likeness (QED) is 0.618. The van der Waals surface area contributed by atoms with Crippen LogP contribution in [0.5, 0.6) is 0 Å². The predicted octanol–water partition coefficient (Wildman–Crippen LogP) is 2.41. The Labute approximate surface area is 103 Å². The lowest BCUT2D eigenvalue weighted by Gasteiger charge is -1.97. The first-order chi connectivity index (χ1) is 6.54. The minimum Gasteiger partial charge on any atom is -0.476 e. The largest absolute Gasteiger partial charge is 0.476 e. The van der Waals surface area contributed by atoms with Crippen LogP contribution in [0.3, 0.4) is 0 Å². The van der Waals surface area contributed by atoms with Crippen molar-refractivity contribution in [1.29, 1.82) is 0 Å². The first kappa shape index (κ1) is 20.5. The van der Waals surface area contributed by atoms with Gasteiger partial charge in [0.2, 0.25) is 0 Å². The summed E-state index contributed by atoms with van der Waals surface area (Å²) in [7, 11) is 0. The van der Waals surface area contributed by atoms with Crippen molar-refractivity contribution in [2.75, 3.05) is 6.61 Å². The molecule has 0 fully saturated rings. The van der Waals surface area contributed by atoms with Crippen molar-refractivity contribution < 1.29 is 15.0 Å². The van der Waals surface area contributed by atoms with Crippen LogP contribution in [-0.2, 0) is 0 Å². The van der Waals surface area contributed by atoms with Gasteiger partial charge in [0.25, 0.3) is 0 Å². The average molecular weight is 272 g/mol. The molecule has 6 nitrogen and oxygen atoms in total. The number of aromatic nitrogens is 1. The van der Waals surface area contributed by atoms with E-state index in [1.165, 1.54) is 12.3 Å². The second-order valence-electron chi connectivity index (χ2n) is 2.08. The third-order valence-electron chi connectivity index (χ3n) is 1.04. The van der Waals surface area contributed by atoms with Crippen LogP contribution in [0.15, 0.2) is 12.3 Å². The number of aliphatic hydroxyl groups excluding tert-OH is 1. The Balaban J connectivity index is -0.000000306. The Morgan fingerprint density at radius 3 is 2.19 bits per heavy atom. The molecule has 0 saturated heterocycles. The molecule has 1 rings (SSSR count). The summed E-state index contributed by atoms with van der Waals surface area (Å²) >= 11 is 11.0. The van der Waals surface area contributed by atoms with Gasteiger partial charge < -0.3 is 22.5 Å². The van der Waals surface area contributed by atoms with E-state index >= 15 is 0 Å². The molecule has 94 valence electrons. The van der Waals surface area contributed by atoms with Gasteiger partial charge in [0.05, 0.1) is 10.0 Å². The number of carboxylic acid groups (broad SMARTS) is 1. The summed E-state index contributed by atoms with van der Waals surface area (Å²) in [6.45, 7) is 1.93. The highest BCUT2D eigenvalue weighted by Gasteiger charge is 2.11. The number of nitrogens with zero attached hydrogens (tertiary/aromatic N) is 1. The van der Waals surface area contributed by atoms with E-state index in [-0.39, 0.29) is 34.6 Å². The van der Waals surface area contributed by atoms with Gasteiger partial charge >= 0.3 is 5.97 Å². The van der Waals surface area contributed by atoms with Crippen LogP contribution in [0.2, 0.25) is 10.0 Å². The SMILES string of the molecule is CCO.N.N.O=C(O)c1nccc(Cl)c1Cl. The Morgan fingerprint density at radius 1 is 1.44 bits per heavy atom. The predicted molar refractivity (Wildman–Crippen MR) is 64.0 cm³/mol. The average Bonchev–Trinajstić information content (AvgIpc) is 2.10. The fourth-order valence-corrected chi connectivity index (χ4v) is 0.908. The number of hydrogen-bond donors (Lipinski definition) is 4. The molecule has 16 heavy (non-hydrogen) atoms. The molecule has 1 aromatic rings. The van der Waals surface area contributed by atoms with Gasteiger partial charge in [0, 0.05) is 12.8 Å². The minimum atomic E-state index is -1.18. The number of aromatic carboxylic acids is 1. The van der Waals surface area contributed by atoms with Crippen LogP contribution in [0, 0.1) is 0 Å². The number of carbonyl (C=O) groups is 1. The van der Waals surface area contributed by atoms with E-state index in [0.29, 0.717) is 0 Å². The van der Waals surface area contributed by atoms with Gasteiger partial charge in [-0.15, -0.1) is 0 Å². The van der Waals surface area contributed by atoms with Crippen LogP contribution in [0.1, 0.15) is 17.4 Å². The first-order valence-electron chi connectivity index (χ1n) is 3.68. The van der Waals surface area contributed by atoms with E-state index in [4.69, 9.17) is 33.4 Å². The van der Waals surface area contributed by atoms with Crippen LogP contribution < -0.4 is 12.3 Å². The summed E-state index contributed by atoms with van der Waals surface area (Å²) in [5.74, 6) is -1.18. The Morgan fingerprint density at radius 2 is 1.88 bits per heavy atom. The molecule has 8 heteroatoms. The highest BCUT2D eigenvalue weighted by Crippen LogP contribution is 2.23. The van der Waals surface area contributed by atoms with Crippen molar-refractivity contribution in [3.63, 3.8) is 0 Å². The smallest absolute Gasteiger partial charge is 0.356 e. The normalized spacial score (nSPS) is 7.75. The standard InChI is InChI=1S/C6H3Cl2NO2.C2H6O.2H3N/c7-3-1-2-9-5(4(3)8)6(10)11;1-2-3;;/h1-2H,(H,10,11);3H,2H2,1H3;2*1H3. The summed E-state index contributed by atoms with van der Waals surface area (Å²) < 4.78 is 0. The molecular weight excluding hydrogens is 257 g/mol. The monoisotopic (exact) mass is 271 g/mol. The summed E-state index contributed by atoms with van der Waals surface area (Å²) in [6, 6.07) is 1.43. The molecule has 0 bridgehead atoms. The molecule has 1 heterocycles. The molecule has 0 spiro atoms. The number of halogens is 2. The lowest BCUT2D eigenvalue weighted by atomic mass is 10.3. The van der Waals surface area contributed by atoms with Crippen LogP contribution in [-0.4, -0.2) is 27.8 Å². The zero-order valence-electron chi connectivity index (χ0n) is 8.78. The maximum absolute atomic E-state index is 10.4. The van der Waals surface area contributed by atoms with Crippen molar-refractivity contribution in [3.05, 3.63) is 28.0 Å². The van der Waals surface area contributed by atoms with Gasteiger partial charge in [-0.2, -0.15) is 0 Å². The van der Waals surface area contributed by atoms with Crippen LogP contribution in [0.25, 0.3) is 0 Å². The summed E-state index contributed by atoms with van der Waals surface area (Å²) in [4.78, 5) is 13.9. The molecule has 0 radical (unpaired) electrons. The van der Waals surface area contributed by atoms with Crippen molar-refractivity contribution in [1.82, 2.24) is 17.3 Å². The van der Waals surface area contributed by atoms with Crippen molar-refractivity contribution >= 4 is 29.2 Å². The molecule has 0 aliphatic rings. The topological polar surface area (TPSA) is 140 Å². The molecule has 0 aliphatic carbocycles.